The summed E-state index contributed by atoms with van der Waals surface area (Å²) in [6.45, 7) is 35.7. The summed E-state index contributed by atoms with van der Waals surface area (Å²) in [5.74, 6) is 0.321. The van der Waals surface area contributed by atoms with Gasteiger partial charge >= 0.3 is 0 Å². The molecule has 0 aliphatic rings. The molecule has 2 aromatic carbocycles. The van der Waals surface area contributed by atoms with E-state index < -0.39 is 10.1 Å². The van der Waals surface area contributed by atoms with Gasteiger partial charge < -0.3 is 0 Å². The molecular formula is C32H56O3S. The van der Waals surface area contributed by atoms with Crippen LogP contribution in [0.15, 0.2) is 71.2 Å². The predicted octanol–water partition coefficient (Wildman–Crippen LogP) is 11.1. The molecule has 36 heavy (non-hydrogen) atoms. The molecule has 0 aromatic heterocycles. The Morgan fingerprint density at radius 3 is 1.69 bits per heavy atom. The Morgan fingerprint density at radius 2 is 1.36 bits per heavy atom. The van der Waals surface area contributed by atoms with E-state index in [0.717, 1.165) is 39.5 Å². The summed E-state index contributed by atoms with van der Waals surface area (Å²) in [6.07, 6.45) is 2.95. The molecule has 3 nitrogen and oxygen atoms in total. The number of rotatable bonds is 5. The summed E-state index contributed by atoms with van der Waals surface area (Å²) in [5, 5.41) is 1.82. The second-order valence-corrected chi connectivity index (χ2v) is 9.25. The fourth-order valence-corrected chi connectivity index (χ4v) is 3.74. The zero-order valence-electron chi connectivity index (χ0n) is 25.8. The Kier molecular flexibility index (Phi) is 26.5. The molecule has 0 amide bonds. The van der Waals surface area contributed by atoms with E-state index in [1.54, 1.807) is 0 Å². The van der Waals surface area contributed by atoms with E-state index in [4.69, 9.17) is 0 Å². The van der Waals surface area contributed by atoms with Crippen LogP contribution in [-0.2, 0) is 10.1 Å². The minimum atomic E-state index is -4.18. The highest BCUT2D eigenvalue weighted by Crippen LogP contribution is 2.29. The van der Waals surface area contributed by atoms with Crippen LogP contribution in [0.2, 0.25) is 0 Å². The molecule has 0 bridgehead atoms. The quantitative estimate of drug-likeness (QED) is 0.242. The van der Waals surface area contributed by atoms with E-state index in [-0.39, 0.29) is 4.90 Å². The first-order chi connectivity index (χ1) is 16.8. The number of hydrogen-bond donors (Lipinski definition) is 1. The first kappa shape index (κ1) is 41.0. The van der Waals surface area contributed by atoms with Gasteiger partial charge in [-0.25, -0.2) is 0 Å². The van der Waals surface area contributed by atoms with E-state index in [1.165, 1.54) is 17.7 Å². The minimum Gasteiger partial charge on any atom is -0.282 e. The molecule has 0 radical (unpaired) electrons. The Morgan fingerprint density at radius 1 is 0.889 bits per heavy atom. The third kappa shape index (κ3) is 18.1. The standard InChI is InChI=1S/C17H20O3S.C7H12.4C2H6/c1-11(2)7-12(3)14-5-6-17-13(4)8-16(21(18,19)20)10-15(17)9-14;1-6(2)5-7(3)4;4*1-2/h5-6,8-10,12H,1,7H2,2-4H3,(H,18,19,20);5H,1H2,2-4H3;4*1-2H3/t12-;;;;;/m0...../s1. The lowest BCUT2D eigenvalue weighted by atomic mass is 9.92. The zero-order chi connectivity index (χ0) is 29.6. The monoisotopic (exact) mass is 520 g/mol. The van der Waals surface area contributed by atoms with Gasteiger partial charge in [-0.3, -0.25) is 4.55 Å². The molecule has 0 fully saturated rings. The summed E-state index contributed by atoms with van der Waals surface area (Å²) in [6, 6.07) is 9.08. The number of aryl methyl sites for hydroxylation is 1. The average Bonchev–Trinajstić information content (AvgIpc) is 2.82. The maximum absolute atomic E-state index is 11.3. The van der Waals surface area contributed by atoms with Crippen LogP contribution in [0.25, 0.3) is 10.8 Å². The first-order valence-corrected chi connectivity index (χ1v) is 14.7. The molecule has 0 aliphatic heterocycles. The first-order valence-electron chi connectivity index (χ1n) is 13.3. The summed E-state index contributed by atoms with van der Waals surface area (Å²) < 4.78 is 31.9. The Balaban J connectivity index is -0.000000287. The number of allylic oxidation sites excluding steroid dienone is 4. The van der Waals surface area contributed by atoms with E-state index in [2.05, 4.69) is 46.1 Å². The van der Waals surface area contributed by atoms with Gasteiger partial charge in [0.05, 0.1) is 4.90 Å². The molecule has 1 atom stereocenters. The van der Waals surface area contributed by atoms with Crippen molar-refractivity contribution >= 4 is 20.9 Å². The van der Waals surface area contributed by atoms with Gasteiger partial charge in [0.15, 0.2) is 0 Å². The van der Waals surface area contributed by atoms with Gasteiger partial charge in [0.2, 0.25) is 0 Å². The van der Waals surface area contributed by atoms with Gasteiger partial charge in [0.1, 0.15) is 0 Å². The van der Waals surface area contributed by atoms with Gasteiger partial charge in [-0.05, 0) is 81.0 Å². The van der Waals surface area contributed by atoms with Crippen molar-refractivity contribution in [2.45, 2.75) is 114 Å². The topological polar surface area (TPSA) is 54.4 Å². The minimum absolute atomic E-state index is 0.0581. The highest BCUT2D eigenvalue weighted by atomic mass is 32.2. The van der Waals surface area contributed by atoms with Crippen molar-refractivity contribution in [3.63, 3.8) is 0 Å². The largest absolute Gasteiger partial charge is 0.294 e. The van der Waals surface area contributed by atoms with E-state index >= 15 is 0 Å². The van der Waals surface area contributed by atoms with Crippen molar-refractivity contribution in [2.75, 3.05) is 0 Å². The van der Waals surface area contributed by atoms with E-state index in [9.17, 15) is 13.0 Å². The van der Waals surface area contributed by atoms with Crippen molar-refractivity contribution in [2.24, 2.45) is 0 Å². The summed E-state index contributed by atoms with van der Waals surface area (Å²) in [7, 11) is -4.18. The second kappa shape index (κ2) is 23.2. The maximum Gasteiger partial charge on any atom is 0.294 e. The molecule has 208 valence electrons. The van der Waals surface area contributed by atoms with Crippen LogP contribution in [-0.4, -0.2) is 13.0 Å². The number of hydrogen-bond acceptors (Lipinski definition) is 2. The van der Waals surface area contributed by atoms with Crippen molar-refractivity contribution < 1.29 is 13.0 Å². The van der Waals surface area contributed by atoms with Crippen molar-refractivity contribution in [1.29, 1.82) is 0 Å². The van der Waals surface area contributed by atoms with Crippen molar-refractivity contribution in [3.8, 4) is 0 Å². The van der Waals surface area contributed by atoms with Crippen molar-refractivity contribution in [1.82, 2.24) is 0 Å². The van der Waals surface area contributed by atoms with Gasteiger partial charge in [-0.2, -0.15) is 8.42 Å². The molecule has 0 unspecified atom stereocenters. The van der Waals surface area contributed by atoms with E-state index in [0.29, 0.717) is 5.92 Å². The van der Waals surface area contributed by atoms with Crippen LogP contribution in [0.3, 0.4) is 0 Å². The second-order valence-electron chi connectivity index (χ2n) is 7.83. The third-order valence-corrected chi connectivity index (χ3v) is 5.05. The third-order valence-electron chi connectivity index (χ3n) is 4.21. The molecule has 0 heterocycles. The molecule has 0 saturated carbocycles. The lowest BCUT2D eigenvalue weighted by Gasteiger charge is -2.14. The molecule has 4 heteroatoms. The molecule has 0 spiro atoms. The smallest absolute Gasteiger partial charge is 0.282 e. The lowest BCUT2D eigenvalue weighted by Crippen LogP contribution is -1.99. The predicted molar refractivity (Wildman–Crippen MR) is 166 cm³/mol. The van der Waals surface area contributed by atoms with Crippen LogP contribution < -0.4 is 0 Å². The average molecular weight is 521 g/mol. The lowest BCUT2D eigenvalue weighted by molar-refractivity contribution is 0.483. The van der Waals surface area contributed by atoms with E-state index in [1.807, 2.05) is 88.3 Å². The van der Waals surface area contributed by atoms with Crippen LogP contribution in [0.4, 0.5) is 0 Å². The Labute approximate surface area is 225 Å². The van der Waals surface area contributed by atoms with Crippen LogP contribution in [0.1, 0.15) is 113 Å². The normalized spacial score (nSPS) is 9.97. The highest BCUT2D eigenvalue weighted by Gasteiger charge is 2.13. The van der Waals surface area contributed by atoms with Gasteiger partial charge in [0.25, 0.3) is 10.1 Å². The summed E-state index contributed by atoms with van der Waals surface area (Å²) in [5.41, 5.74) is 5.52. The molecule has 1 N–H and O–H groups in total. The summed E-state index contributed by atoms with van der Waals surface area (Å²) >= 11 is 0. The fourth-order valence-electron chi connectivity index (χ4n) is 3.13. The molecule has 0 saturated heterocycles. The highest BCUT2D eigenvalue weighted by molar-refractivity contribution is 7.85. The number of fused-ring (bicyclic) bond motifs is 1. The van der Waals surface area contributed by atoms with Crippen molar-refractivity contribution in [3.05, 3.63) is 77.4 Å². The molecule has 2 aromatic rings. The molecule has 0 aliphatic carbocycles. The number of benzene rings is 2. The zero-order valence-corrected chi connectivity index (χ0v) is 26.7. The SMILES string of the molecule is C=C(C)C=C(C)C.C=C(C)C[C@H](C)c1ccc2c(C)cc(S(=O)(=O)O)cc2c1.CC.CC.CC.CC. The van der Waals surface area contributed by atoms with Crippen LogP contribution in [0.5, 0.6) is 0 Å². The maximum atomic E-state index is 11.3. The summed E-state index contributed by atoms with van der Waals surface area (Å²) in [4.78, 5) is -0.0581. The van der Waals surface area contributed by atoms with Crippen LogP contribution in [0, 0.1) is 6.92 Å². The van der Waals surface area contributed by atoms with Gasteiger partial charge in [-0.15, -0.1) is 6.58 Å². The molecule has 2 rings (SSSR count). The molecular weight excluding hydrogens is 464 g/mol. The Hall–Kier alpha value is -2.17. The van der Waals surface area contributed by atoms with Crippen LogP contribution >= 0.6 is 0 Å². The fraction of sp³-hybridized carbons (Fsp3) is 0.500. The Bertz CT molecular complexity index is 1010. The van der Waals surface area contributed by atoms with Gasteiger partial charge in [-0.1, -0.05) is 110 Å². The van der Waals surface area contributed by atoms with Gasteiger partial charge in [0, 0.05) is 0 Å².